The van der Waals surface area contributed by atoms with Crippen LogP contribution in [0.5, 0.6) is 5.75 Å². The standard InChI is InChI=1S/C22H26N2O4/c1-3-19(28-20-10-5-4-7-16(20)2)21(25)23-18-9-6-8-17(15-18)22(26)24-11-13-27-14-12-24/h4-10,15,19H,3,11-14H2,1-2H3,(H,23,25)/t19-/m1/s1. The maximum absolute atomic E-state index is 12.7. The van der Waals surface area contributed by atoms with Crippen molar-refractivity contribution in [1.82, 2.24) is 4.90 Å². The monoisotopic (exact) mass is 382 g/mol. The Hall–Kier alpha value is -2.86. The third kappa shape index (κ3) is 4.89. The van der Waals surface area contributed by atoms with Crippen molar-refractivity contribution in [1.29, 1.82) is 0 Å². The minimum Gasteiger partial charge on any atom is -0.480 e. The van der Waals surface area contributed by atoms with Crippen molar-refractivity contribution in [2.24, 2.45) is 0 Å². The van der Waals surface area contributed by atoms with Crippen LogP contribution >= 0.6 is 0 Å². The van der Waals surface area contributed by atoms with E-state index < -0.39 is 6.10 Å². The number of nitrogens with zero attached hydrogens (tertiary/aromatic N) is 1. The van der Waals surface area contributed by atoms with Gasteiger partial charge in [0.1, 0.15) is 5.75 Å². The van der Waals surface area contributed by atoms with Gasteiger partial charge in [-0.15, -0.1) is 0 Å². The SMILES string of the molecule is CC[C@@H](Oc1ccccc1C)C(=O)Nc1cccc(C(=O)N2CCOCC2)c1. The number of aryl methyl sites for hydroxylation is 1. The lowest BCUT2D eigenvalue weighted by Gasteiger charge is -2.27. The lowest BCUT2D eigenvalue weighted by molar-refractivity contribution is -0.122. The number of carbonyl (C=O) groups excluding carboxylic acids is 2. The minimum atomic E-state index is -0.611. The lowest BCUT2D eigenvalue weighted by atomic mass is 10.1. The number of ether oxygens (including phenoxy) is 2. The zero-order chi connectivity index (χ0) is 19.9. The number of morpholine rings is 1. The van der Waals surface area contributed by atoms with E-state index in [1.807, 2.05) is 38.1 Å². The van der Waals surface area contributed by atoms with Gasteiger partial charge in [0, 0.05) is 24.3 Å². The van der Waals surface area contributed by atoms with Gasteiger partial charge in [0.25, 0.3) is 11.8 Å². The van der Waals surface area contributed by atoms with Gasteiger partial charge in [-0.2, -0.15) is 0 Å². The van der Waals surface area contributed by atoms with E-state index in [0.717, 1.165) is 5.56 Å². The summed E-state index contributed by atoms with van der Waals surface area (Å²) in [5.74, 6) is 0.407. The summed E-state index contributed by atoms with van der Waals surface area (Å²) in [7, 11) is 0. The summed E-state index contributed by atoms with van der Waals surface area (Å²) in [6.07, 6.45) is -0.0771. The van der Waals surface area contributed by atoms with Crippen molar-refractivity contribution in [3.63, 3.8) is 0 Å². The zero-order valence-electron chi connectivity index (χ0n) is 16.3. The molecule has 2 aromatic carbocycles. The summed E-state index contributed by atoms with van der Waals surface area (Å²) >= 11 is 0. The van der Waals surface area contributed by atoms with Crippen LogP contribution in [0.2, 0.25) is 0 Å². The van der Waals surface area contributed by atoms with Crippen molar-refractivity contribution in [2.45, 2.75) is 26.4 Å². The van der Waals surface area contributed by atoms with Crippen LogP contribution < -0.4 is 10.1 Å². The van der Waals surface area contributed by atoms with Gasteiger partial charge in [-0.3, -0.25) is 9.59 Å². The molecule has 3 rings (SSSR count). The molecule has 0 aromatic heterocycles. The second-order valence-electron chi connectivity index (χ2n) is 6.75. The largest absolute Gasteiger partial charge is 0.480 e. The summed E-state index contributed by atoms with van der Waals surface area (Å²) in [5, 5.41) is 2.87. The van der Waals surface area contributed by atoms with Crippen LogP contribution in [0.15, 0.2) is 48.5 Å². The number of amides is 2. The van der Waals surface area contributed by atoms with Crippen LogP contribution in [0.3, 0.4) is 0 Å². The van der Waals surface area contributed by atoms with Crippen LogP contribution in [0.4, 0.5) is 5.69 Å². The van der Waals surface area contributed by atoms with Gasteiger partial charge in [-0.05, 0) is 43.2 Å². The van der Waals surface area contributed by atoms with Crippen molar-refractivity contribution in [3.05, 3.63) is 59.7 Å². The van der Waals surface area contributed by atoms with Gasteiger partial charge in [0.05, 0.1) is 13.2 Å². The predicted molar refractivity (Wildman–Crippen MR) is 108 cm³/mol. The van der Waals surface area contributed by atoms with E-state index in [9.17, 15) is 9.59 Å². The van der Waals surface area contributed by atoms with Crippen LogP contribution in [0.1, 0.15) is 29.3 Å². The maximum Gasteiger partial charge on any atom is 0.265 e. The number of anilines is 1. The van der Waals surface area contributed by atoms with Crippen molar-refractivity contribution >= 4 is 17.5 Å². The van der Waals surface area contributed by atoms with Gasteiger partial charge in [0.2, 0.25) is 0 Å². The molecule has 1 atom stereocenters. The first-order valence-electron chi connectivity index (χ1n) is 9.58. The van der Waals surface area contributed by atoms with Crippen LogP contribution in [0, 0.1) is 6.92 Å². The molecule has 6 heteroatoms. The molecule has 148 valence electrons. The average molecular weight is 382 g/mol. The van der Waals surface area contributed by atoms with Gasteiger partial charge < -0.3 is 19.7 Å². The molecule has 1 aliphatic heterocycles. The molecule has 28 heavy (non-hydrogen) atoms. The third-order valence-corrected chi connectivity index (χ3v) is 4.70. The van der Waals surface area contributed by atoms with E-state index in [4.69, 9.17) is 9.47 Å². The molecule has 1 N–H and O–H groups in total. The average Bonchev–Trinajstić information content (AvgIpc) is 2.73. The first-order chi connectivity index (χ1) is 13.6. The zero-order valence-corrected chi connectivity index (χ0v) is 16.3. The highest BCUT2D eigenvalue weighted by Crippen LogP contribution is 2.20. The Labute approximate surface area is 165 Å². The predicted octanol–water partition coefficient (Wildman–Crippen LogP) is 3.26. The Morgan fingerprint density at radius 2 is 1.89 bits per heavy atom. The van der Waals surface area contributed by atoms with Gasteiger partial charge in [0.15, 0.2) is 6.10 Å². The molecule has 0 aliphatic carbocycles. The van der Waals surface area contributed by atoms with E-state index in [-0.39, 0.29) is 11.8 Å². The van der Waals surface area contributed by atoms with Crippen LogP contribution in [-0.2, 0) is 9.53 Å². The fraction of sp³-hybridized carbons (Fsp3) is 0.364. The van der Waals surface area contributed by atoms with Gasteiger partial charge >= 0.3 is 0 Å². The molecule has 6 nitrogen and oxygen atoms in total. The lowest BCUT2D eigenvalue weighted by Crippen LogP contribution is -2.40. The van der Waals surface area contributed by atoms with E-state index in [2.05, 4.69) is 5.32 Å². The minimum absolute atomic E-state index is 0.0531. The molecule has 0 saturated carbocycles. The Kier molecular flexibility index (Phi) is 6.66. The first-order valence-corrected chi connectivity index (χ1v) is 9.58. The normalized spacial score (nSPS) is 15.0. The smallest absolute Gasteiger partial charge is 0.265 e. The molecule has 0 radical (unpaired) electrons. The number of nitrogens with one attached hydrogen (secondary N) is 1. The summed E-state index contributed by atoms with van der Waals surface area (Å²) in [5.41, 5.74) is 2.11. The first kappa shape index (κ1) is 19.9. The molecular formula is C22H26N2O4. The van der Waals surface area contributed by atoms with E-state index >= 15 is 0 Å². The second kappa shape index (κ2) is 9.37. The Bertz CT molecular complexity index is 831. The van der Waals surface area contributed by atoms with Crippen molar-refractivity contribution in [3.8, 4) is 5.75 Å². The Morgan fingerprint density at radius 1 is 1.14 bits per heavy atom. The van der Waals surface area contributed by atoms with E-state index in [1.54, 1.807) is 29.2 Å². The van der Waals surface area contributed by atoms with Crippen molar-refractivity contribution < 1.29 is 19.1 Å². The maximum atomic E-state index is 12.7. The molecule has 1 fully saturated rings. The fourth-order valence-electron chi connectivity index (χ4n) is 3.07. The van der Waals surface area contributed by atoms with Gasteiger partial charge in [-0.25, -0.2) is 0 Å². The highest BCUT2D eigenvalue weighted by molar-refractivity contribution is 5.98. The van der Waals surface area contributed by atoms with Gasteiger partial charge in [-0.1, -0.05) is 31.2 Å². The molecule has 2 amide bonds. The highest BCUT2D eigenvalue weighted by Gasteiger charge is 2.21. The molecule has 0 bridgehead atoms. The topological polar surface area (TPSA) is 67.9 Å². The van der Waals surface area contributed by atoms with Crippen LogP contribution in [-0.4, -0.2) is 49.1 Å². The van der Waals surface area contributed by atoms with E-state index in [1.165, 1.54) is 0 Å². The van der Waals surface area contributed by atoms with Crippen LogP contribution in [0.25, 0.3) is 0 Å². The number of hydrogen-bond donors (Lipinski definition) is 1. The number of carbonyl (C=O) groups is 2. The molecule has 1 saturated heterocycles. The summed E-state index contributed by atoms with van der Waals surface area (Å²) in [6, 6.07) is 14.6. The fourth-order valence-corrected chi connectivity index (χ4v) is 3.07. The molecular weight excluding hydrogens is 356 g/mol. The molecule has 2 aromatic rings. The molecule has 1 heterocycles. The number of benzene rings is 2. The quantitative estimate of drug-likeness (QED) is 0.833. The van der Waals surface area contributed by atoms with Crippen molar-refractivity contribution in [2.75, 3.05) is 31.6 Å². The number of para-hydroxylation sites is 1. The summed E-state index contributed by atoms with van der Waals surface area (Å²) in [4.78, 5) is 27.1. The summed E-state index contributed by atoms with van der Waals surface area (Å²) < 4.78 is 11.2. The molecule has 0 spiro atoms. The highest BCUT2D eigenvalue weighted by atomic mass is 16.5. The second-order valence-corrected chi connectivity index (χ2v) is 6.75. The number of hydrogen-bond acceptors (Lipinski definition) is 4. The molecule has 0 unspecified atom stereocenters. The Balaban J connectivity index is 1.67. The summed E-state index contributed by atoms with van der Waals surface area (Å²) in [6.45, 7) is 6.12. The number of rotatable bonds is 6. The third-order valence-electron chi connectivity index (χ3n) is 4.70. The van der Waals surface area contributed by atoms with E-state index in [0.29, 0.717) is 49.7 Å². The molecule has 1 aliphatic rings. The Morgan fingerprint density at radius 3 is 2.61 bits per heavy atom.